The highest BCUT2D eigenvalue weighted by molar-refractivity contribution is 5.03. The number of hydrogen-bond acceptors (Lipinski definition) is 3. The Labute approximate surface area is 97.9 Å². The van der Waals surface area contributed by atoms with Crippen molar-refractivity contribution in [2.75, 3.05) is 6.54 Å². The van der Waals surface area contributed by atoms with Crippen LogP contribution < -0.4 is 5.32 Å². The number of aliphatic hydroxyl groups is 1. The van der Waals surface area contributed by atoms with Crippen LogP contribution in [0.15, 0.2) is 22.8 Å². The van der Waals surface area contributed by atoms with Crippen LogP contribution in [0.5, 0.6) is 0 Å². The lowest BCUT2D eigenvalue weighted by Gasteiger charge is -2.28. The van der Waals surface area contributed by atoms with Crippen LogP contribution in [0.4, 0.5) is 0 Å². The van der Waals surface area contributed by atoms with Crippen molar-refractivity contribution >= 4 is 0 Å². The molecule has 0 saturated carbocycles. The molecule has 3 heteroatoms. The summed E-state index contributed by atoms with van der Waals surface area (Å²) >= 11 is 0. The van der Waals surface area contributed by atoms with Crippen molar-refractivity contribution in [3.8, 4) is 0 Å². The maximum absolute atomic E-state index is 9.39. The Morgan fingerprint density at radius 3 is 2.62 bits per heavy atom. The Hall–Kier alpha value is -0.800. The van der Waals surface area contributed by atoms with Crippen molar-refractivity contribution in [2.24, 2.45) is 5.41 Å². The third kappa shape index (κ3) is 4.37. The van der Waals surface area contributed by atoms with Crippen molar-refractivity contribution < 1.29 is 9.52 Å². The number of hydrogen-bond donors (Lipinski definition) is 2. The van der Waals surface area contributed by atoms with E-state index in [1.807, 2.05) is 19.1 Å². The molecule has 0 aliphatic heterocycles. The van der Waals surface area contributed by atoms with Crippen molar-refractivity contribution in [1.29, 1.82) is 0 Å². The van der Waals surface area contributed by atoms with E-state index in [-0.39, 0.29) is 17.6 Å². The van der Waals surface area contributed by atoms with Crippen LogP contribution in [0.2, 0.25) is 0 Å². The molecule has 0 bridgehead atoms. The molecule has 0 spiro atoms. The van der Waals surface area contributed by atoms with Gasteiger partial charge in [-0.25, -0.2) is 0 Å². The van der Waals surface area contributed by atoms with E-state index >= 15 is 0 Å². The Bertz CT molecular complexity index is 291. The summed E-state index contributed by atoms with van der Waals surface area (Å²) in [6.45, 7) is 9.08. The standard InChI is InChI=1S/C13H23NO2/c1-10(15)8-13(3,4)9-14-11(2)12-6-5-7-16-12/h5-7,10-11,14-15H,8-9H2,1-4H3. The van der Waals surface area contributed by atoms with Gasteiger partial charge in [0.25, 0.3) is 0 Å². The first-order valence-corrected chi connectivity index (χ1v) is 5.85. The molecule has 1 heterocycles. The lowest BCUT2D eigenvalue weighted by molar-refractivity contribution is 0.126. The van der Waals surface area contributed by atoms with Crippen molar-refractivity contribution in [3.63, 3.8) is 0 Å². The first-order chi connectivity index (χ1) is 7.41. The van der Waals surface area contributed by atoms with Crippen molar-refractivity contribution in [1.82, 2.24) is 5.32 Å². The Balaban J connectivity index is 2.39. The minimum atomic E-state index is -0.254. The molecule has 0 aliphatic rings. The zero-order chi connectivity index (χ0) is 12.2. The highest BCUT2D eigenvalue weighted by atomic mass is 16.3. The normalized spacial score (nSPS) is 16.1. The highest BCUT2D eigenvalue weighted by Gasteiger charge is 2.21. The van der Waals surface area contributed by atoms with Gasteiger partial charge in [-0.1, -0.05) is 13.8 Å². The minimum Gasteiger partial charge on any atom is -0.468 e. The quantitative estimate of drug-likeness (QED) is 0.782. The van der Waals surface area contributed by atoms with Crippen LogP contribution in [0, 0.1) is 5.41 Å². The van der Waals surface area contributed by atoms with Crippen LogP contribution in [0.25, 0.3) is 0 Å². The summed E-state index contributed by atoms with van der Waals surface area (Å²) in [4.78, 5) is 0. The van der Waals surface area contributed by atoms with Gasteiger partial charge in [0.15, 0.2) is 0 Å². The summed E-state index contributed by atoms with van der Waals surface area (Å²) in [5.41, 5.74) is 0.0923. The van der Waals surface area contributed by atoms with Crippen LogP contribution in [-0.2, 0) is 0 Å². The Morgan fingerprint density at radius 1 is 1.44 bits per heavy atom. The van der Waals surface area contributed by atoms with Crippen LogP contribution >= 0.6 is 0 Å². The van der Waals surface area contributed by atoms with Crippen LogP contribution in [-0.4, -0.2) is 17.8 Å². The van der Waals surface area contributed by atoms with E-state index in [2.05, 4.69) is 26.1 Å². The van der Waals surface area contributed by atoms with E-state index in [1.54, 1.807) is 6.26 Å². The molecule has 92 valence electrons. The number of rotatable bonds is 6. The van der Waals surface area contributed by atoms with Gasteiger partial charge in [-0.2, -0.15) is 0 Å². The molecule has 0 fully saturated rings. The van der Waals surface area contributed by atoms with E-state index in [4.69, 9.17) is 4.42 Å². The first-order valence-electron chi connectivity index (χ1n) is 5.85. The summed E-state index contributed by atoms with van der Waals surface area (Å²) < 4.78 is 5.33. The number of furan rings is 1. The fraction of sp³-hybridized carbons (Fsp3) is 0.692. The molecule has 16 heavy (non-hydrogen) atoms. The summed E-state index contributed by atoms with van der Waals surface area (Å²) in [6, 6.07) is 4.08. The van der Waals surface area contributed by atoms with Gasteiger partial charge in [0.1, 0.15) is 5.76 Å². The summed E-state index contributed by atoms with van der Waals surface area (Å²) in [7, 11) is 0. The Morgan fingerprint density at radius 2 is 2.12 bits per heavy atom. The molecule has 0 radical (unpaired) electrons. The lowest BCUT2D eigenvalue weighted by Crippen LogP contribution is -2.33. The van der Waals surface area contributed by atoms with Crippen LogP contribution in [0.1, 0.15) is 45.9 Å². The molecule has 1 aromatic rings. The monoisotopic (exact) mass is 225 g/mol. The largest absolute Gasteiger partial charge is 0.468 e. The van der Waals surface area contributed by atoms with Gasteiger partial charge < -0.3 is 14.8 Å². The predicted octanol–water partition coefficient (Wildman–Crippen LogP) is 2.73. The second kappa shape index (κ2) is 5.51. The summed E-state index contributed by atoms with van der Waals surface area (Å²) in [5.74, 6) is 0.952. The smallest absolute Gasteiger partial charge is 0.120 e. The van der Waals surface area contributed by atoms with Crippen molar-refractivity contribution in [3.05, 3.63) is 24.2 Å². The third-order valence-electron chi connectivity index (χ3n) is 2.70. The van der Waals surface area contributed by atoms with E-state index in [0.717, 1.165) is 18.7 Å². The second-order valence-corrected chi connectivity index (χ2v) is 5.34. The molecule has 2 unspecified atom stereocenters. The third-order valence-corrected chi connectivity index (χ3v) is 2.70. The number of aliphatic hydroxyl groups excluding tert-OH is 1. The van der Waals surface area contributed by atoms with E-state index in [1.165, 1.54) is 0 Å². The first kappa shape index (κ1) is 13.3. The predicted molar refractivity (Wildman–Crippen MR) is 65.2 cm³/mol. The van der Waals surface area contributed by atoms with Gasteiger partial charge in [-0.05, 0) is 37.8 Å². The minimum absolute atomic E-state index is 0.0923. The summed E-state index contributed by atoms with van der Waals surface area (Å²) in [5, 5.41) is 12.8. The molecular weight excluding hydrogens is 202 g/mol. The summed E-state index contributed by atoms with van der Waals surface area (Å²) in [6.07, 6.45) is 2.23. The highest BCUT2D eigenvalue weighted by Crippen LogP contribution is 2.23. The fourth-order valence-corrected chi connectivity index (χ4v) is 1.94. The van der Waals surface area contributed by atoms with Gasteiger partial charge in [-0.15, -0.1) is 0 Å². The maximum Gasteiger partial charge on any atom is 0.120 e. The molecule has 0 aromatic carbocycles. The molecule has 3 nitrogen and oxygen atoms in total. The number of nitrogens with one attached hydrogen (secondary N) is 1. The average Bonchev–Trinajstić information content (AvgIpc) is 2.64. The maximum atomic E-state index is 9.39. The van der Waals surface area contributed by atoms with Crippen molar-refractivity contribution in [2.45, 2.75) is 46.3 Å². The lowest BCUT2D eigenvalue weighted by atomic mass is 9.87. The Kier molecular flexibility index (Phi) is 4.56. The van der Waals surface area contributed by atoms with Gasteiger partial charge >= 0.3 is 0 Å². The van der Waals surface area contributed by atoms with E-state index in [9.17, 15) is 5.11 Å². The van der Waals surface area contributed by atoms with Gasteiger partial charge in [0, 0.05) is 6.54 Å². The second-order valence-electron chi connectivity index (χ2n) is 5.34. The molecule has 0 saturated heterocycles. The van der Waals surface area contributed by atoms with E-state index < -0.39 is 0 Å². The van der Waals surface area contributed by atoms with Gasteiger partial charge in [0.05, 0.1) is 18.4 Å². The molecular formula is C13H23NO2. The SMILES string of the molecule is CC(O)CC(C)(C)CNC(C)c1ccco1. The van der Waals surface area contributed by atoms with Gasteiger partial charge in [0.2, 0.25) is 0 Å². The zero-order valence-corrected chi connectivity index (χ0v) is 10.7. The molecule has 1 rings (SSSR count). The topological polar surface area (TPSA) is 45.4 Å². The average molecular weight is 225 g/mol. The zero-order valence-electron chi connectivity index (χ0n) is 10.7. The molecule has 2 N–H and O–H groups in total. The van der Waals surface area contributed by atoms with Crippen LogP contribution in [0.3, 0.4) is 0 Å². The molecule has 0 aliphatic carbocycles. The molecule has 0 amide bonds. The van der Waals surface area contributed by atoms with Gasteiger partial charge in [-0.3, -0.25) is 0 Å². The fourth-order valence-electron chi connectivity index (χ4n) is 1.94. The molecule has 2 atom stereocenters. The molecule has 1 aromatic heterocycles. The van der Waals surface area contributed by atoms with E-state index in [0.29, 0.717) is 0 Å².